The minimum Gasteiger partial charge on any atom is -0.340 e. The van der Waals surface area contributed by atoms with Crippen molar-refractivity contribution >= 4 is 5.91 Å². The third kappa shape index (κ3) is 4.82. The summed E-state index contributed by atoms with van der Waals surface area (Å²) in [4.78, 5) is 17.0. The van der Waals surface area contributed by atoms with Gasteiger partial charge in [0, 0.05) is 19.1 Å². The Labute approximate surface area is 159 Å². The SMILES string of the molecule is CCN(CC)C(C(=O)N1CCC(N)C(C)(C)C1)c1cccc(C(F)(F)F)c1. The summed E-state index contributed by atoms with van der Waals surface area (Å²) < 4.78 is 39.5. The van der Waals surface area contributed by atoms with E-state index in [0.29, 0.717) is 38.2 Å². The molecule has 0 saturated carbocycles. The van der Waals surface area contributed by atoms with Gasteiger partial charge in [0.1, 0.15) is 6.04 Å². The van der Waals surface area contributed by atoms with Crippen LogP contribution in [0.15, 0.2) is 24.3 Å². The Hall–Kier alpha value is -1.60. The molecule has 2 unspecified atom stereocenters. The Morgan fingerprint density at radius 1 is 1.33 bits per heavy atom. The maximum Gasteiger partial charge on any atom is 0.416 e. The molecule has 27 heavy (non-hydrogen) atoms. The Balaban J connectivity index is 2.40. The standard InChI is InChI=1S/C20H30F3N3O/c1-5-25(6-2)17(14-8-7-9-15(12-14)20(21,22)23)18(27)26-11-10-16(24)19(3,4)13-26/h7-9,12,16-17H,5-6,10-11,13,24H2,1-4H3. The van der Waals surface area contributed by atoms with Crippen LogP contribution in [0.3, 0.4) is 0 Å². The number of benzene rings is 1. The molecule has 1 aliphatic heterocycles. The molecule has 0 radical (unpaired) electrons. The largest absolute Gasteiger partial charge is 0.416 e. The molecule has 2 atom stereocenters. The second-order valence-electron chi connectivity index (χ2n) is 7.89. The van der Waals surface area contributed by atoms with Crippen LogP contribution in [0.4, 0.5) is 13.2 Å². The number of hydrogen-bond acceptors (Lipinski definition) is 3. The van der Waals surface area contributed by atoms with Crippen LogP contribution in [0.1, 0.15) is 51.3 Å². The molecule has 152 valence electrons. The Bertz CT molecular complexity index is 656. The summed E-state index contributed by atoms with van der Waals surface area (Å²) >= 11 is 0. The maximum absolute atomic E-state index is 13.4. The number of piperidine rings is 1. The highest BCUT2D eigenvalue weighted by Crippen LogP contribution is 2.34. The average molecular weight is 385 g/mol. The zero-order valence-electron chi connectivity index (χ0n) is 16.5. The number of likely N-dealkylation sites (N-methyl/N-ethyl adjacent to an activating group) is 1. The predicted octanol–water partition coefficient (Wildman–Crippen LogP) is 3.67. The lowest BCUT2D eigenvalue weighted by Gasteiger charge is -2.44. The zero-order chi connectivity index (χ0) is 20.4. The molecule has 1 aromatic carbocycles. The van der Waals surface area contributed by atoms with E-state index in [1.54, 1.807) is 11.0 Å². The average Bonchev–Trinajstić information content (AvgIpc) is 2.60. The summed E-state index contributed by atoms with van der Waals surface area (Å²) in [5.41, 5.74) is 5.59. The van der Waals surface area contributed by atoms with E-state index in [0.717, 1.165) is 12.1 Å². The van der Waals surface area contributed by atoms with Crippen LogP contribution >= 0.6 is 0 Å². The van der Waals surface area contributed by atoms with Crippen LogP contribution in [0.25, 0.3) is 0 Å². The van der Waals surface area contributed by atoms with E-state index in [2.05, 4.69) is 0 Å². The van der Waals surface area contributed by atoms with E-state index in [-0.39, 0.29) is 17.4 Å². The van der Waals surface area contributed by atoms with Gasteiger partial charge >= 0.3 is 6.18 Å². The molecule has 2 N–H and O–H groups in total. The molecule has 0 aliphatic carbocycles. The molecular weight excluding hydrogens is 355 g/mol. The van der Waals surface area contributed by atoms with Crippen LogP contribution in [0.2, 0.25) is 0 Å². The van der Waals surface area contributed by atoms with Gasteiger partial charge in [-0.1, -0.05) is 39.8 Å². The van der Waals surface area contributed by atoms with Gasteiger partial charge in [-0.05, 0) is 42.6 Å². The fraction of sp³-hybridized carbons (Fsp3) is 0.650. The van der Waals surface area contributed by atoms with E-state index in [4.69, 9.17) is 5.73 Å². The second kappa shape index (κ2) is 8.19. The van der Waals surface area contributed by atoms with Crippen LogP contribution < -0.4 is 5.73 Å². The van der Waals surface area contributed by atoms with Crippen molar-refractivity contribution in [1.29, 1.82) is 0 Å². The molecule has 0 spiro atoms. The zero-order valence-corrected chi connectivity index (χ0v) is 16.5. The Kier molecular flexibility index (Phi) is 6.58. The number of nitrogens with zero attached hydrogens (tertiary/aromatic N) is 2. The van der Waals surface area contributed by atoms with Crippen molar-refractivity contribution in [3.8, 4) is 0 Å². The monoisotopic (exact) mass is 385 g/mol. The number of rotatable bonds is 5. The summed E-state index contributed by atoms with van der Waals surface area (Å²) in [5, 5.41) is 0. The fourth-order valence-electron chi connectivity index (χ4n) is 3.72. The lowest BCUT2D eigenvalue weighted by Crippen LogP contribution is -2.56. The van der Waals surface area contributed by atoms with Gasteiger partial charge in [0.05, 0.1) is 5.56 Å². The van der Waals surface area contributed by atoms with E-state index >= 15 is 0 Å². The molecule has 2 rings (SSSR count). The summed E-state index contributed by atoms with van der Waals surface area (Å²) in [6, 6.07) is 4.39. The number of alkyl halides is 3. The number of hydrogen-bond donors (Lipinski definition) is 1. The molecular formula is C20H30F3N3O. The summed E-state index contributed by atoms with van der Waals surface area (Å²) in [7, 11) is 0. The summed E-state index contributed by atoms with van der Waals surface area (Å²) in [6.07, 6.45) is -3.75. The van der Waals surface area contributed by atoms with Gasteiger partial charge in [-0.2, -0.15) is 13.2 Å². The molecule has 1 heterocycles. The molecule has 0 bridgehead atoms. The highest BCUT2D eigenvalue weighted by atomic mass is 19.4. The van der Waals surface area contributed by atoms with E-state index < -0.39 is 17.8 Å². The highest BCUT2D eigenvalue weighted by Gasteiger charge is 2.39. The summed E-state index contributed by atoms with van der Waals surface area (Å²) in [6.45, 7) is 10.0. The van der Waals surface area contributed by atoms with Crippen molar-refractivity contribution in [3.63, 3.8) is 0 Å². The quantitative estimate of drug-likeness (QED) is 0.841. The smallest absolute Gasteiger partial charge is 0.340 e. The van der Waals surface area contributed by atoms with Gasteiger partial charge in [0.25, 0.3) is 0 Å². The minimum absolute atomic E-state index is 0.00186. The molecule has 0 aromatic heterocycles. The third-order valence-electron chi connectivity index (χ3n) is 5.56. The first-order valence-corrected chi connectivity index (χ1v) is 9.46. The van der Waals surface area contributed by atoms with Gasteiger partial charge in [-0.15, -0.1) is 0 Å². The van der Waals surface area contributed by atoms with E-state index in [1.807, 2.05) is 32.6 Å². The molecule has 1 aromatic rings. The van der Waals surface area contributed by atoms with Gasteiger partial charge in [-0.3, -0.25) is 9.69 Å². The highest BCUT2D eigenvalue weighted by molar-refractivity contribution is 5.83. The number of likely N-dealkylation sites (tertiary alicyclic amines) is 1. The molecule has 7 heteroatoms. The third-order valence-corrected chi connectivity index (χ3v) is 5.56. The van der Waals surface area contributed by atoms with Crippen molar-refractivity contribution < 1.29 is 18.0 Å². The van der Waals surface area contributed by atoms with Crippen LogP contribution in [-0.4, -0.2) is 47.9 Å². The molecule has 4 nitrogen and oxygen atoms in total. The minimum atomic E-state index is -4.44. The van der Waals surface area contributed by atoms with Crippen molar-refractivity contribution in [2.75, 3.05) is 26.2 Å². The lowest BCUT2D eigenvalue weighted by atomic mass is 9.79. The molecule has 1 amide bonds. The van der Waals surface area contributed by atoms with E-state index in [9.17, 15) is 18.0 Å². The number of carbonyl (C=O) groups excluding carboxylic acids is 1. The maximum atomic E-state index is 13.4. The van der Waals surface area contributed by atoms with E-state index in [1.165, 1.54) is 6.07 Å². The molecule has 1 fully saturated rings. The molecule has 1 saturated heterocycles. The Morgan fingerprint density at radius 2 is 1.96 bits per heavy atom. The number of carbonyl (C=O) groups is 1. The van der Waals surface area contributed by atoms with Crippen molar-refractivity contribution in [2.24, 2.45) is 11.1 Å². The first-order chi connectivity index (χ1) is 12.5. The van der Waals surface area contributed by atoms with Crippen LogP contribution in [0, 0.1) is 5.41 Å². The number of amides is 1. The second-order valence-corrected chi connectivity index (χ2v) is 7.89. The van der Waals surface area contributed by atoms with Gasteiger partial charge < -0.3 is 10.6 Å². The normalized spacial score (nSPS) is 21.4. The van der Waals surface area contributed by atoms with Gasteiger partial charge in [0.15, 0.2) is 0 Å². The van der Waals surface area contributed by atoms with Crippen molar-refractivity contribution in [3.05, 3.63) is 35.4 Å². The van der Waals surface area contributed by atoms with Gasteiger partial charge in [-0.25, -0.2) is 0 Å². The molecule has 1 aliphatic rings. The fourth-order valence-corrected chi connectivity index (χ4v) is 3.72. The van der Waals surface area contributed by atoms with Gasteiger partial charge in [0.2, 0.25) is 5.91 Å². The van der Waals surface area contributed by atoms with Crippen LogP contribution in [0.5, 0.6) is 0 Å². The lowest BCUT2D eigenvalue weighted by molar-refractivity contribution is -0.141. The first-order valence-electron chi connectivity index (χ1n) is 9.46. The summed E-state index contributed by atoms with van der Waals surface area (Å²) in [5.74, 6) is -0.155. The first kappa shape index (κ1) is 21.7. The predicted molar refractivity (Wildman–Crippen MR) is 100 cm³/mol. The topological polar surface area (TPSA) is 49.6 Å². The van der Waals surface area contributed by atoms with Crippen molar-refractivity contribution in [2.45, 2.75) is 52.4 Å². The van der Waals surface area contributed by atoms with Crippen molar-refractivity contribution in [1.82, 2.24) is 9.80 Å². The Morgan fingerprint density at radius 3 is 2.48 bits per heavy atom. The number of nitrogens with two attached hydrogens (primary N) is 1. The van der Waals surface area contributed by atoms with Crippen LogP contribution in [-0.2, 0) is 11.0 Å². The number of halogens is 3.